The highest BCUT2D eigenvalue weighted by atomic mass is 16.6. The Bertz CT molecular complexity index is 1910. The SMILES string of the molecule is CO[C@H]1C[C@H]2OC[C@@]2(OC(C)=O)[C@H]2[C@H](OC(=O)c3ccccc3)[C@]3(O)C[C@H](OC(=O)[C@H](O)[C@@H](NC(=O)OC(C)(C)C)c4ccccc4)C(C)=C([C@@H](C)C[C@]12C)C3(C)C. The number of fused-ring (bicyclic) bond motifs is 5. The first kappa shape index (κ1) is 43.3. The zero-order valence-electron chi connectivity index (χ0n) is 35.2. The molecule has 3 aliphatic carbocycles. The van der Waals surface area contributed by atoms with E-state index in [4.69, 9.17) is 28.4 Å². The van der Waals surface area contributed by atoms with Crippen LogP contribution in [0.2, 0.25) is 0 Å². The van der Waals surface area contributed by atoms with Crippen LogP contribution in [0.1, 0.15) is 104 Å². The van der Waals surface area contributed by atoms with E-state index in [1.807, 2.05) is 34.6 Å². The molecule has 2 bridgehead atoms. The Hall–Kier alpha value is -4.30. The second-order valence-corrected chi connectivity index (χ2v) is 18.3. The van der Waals surface area contributed by atoms with Crippen LogP contribution in [-0.4, -0.2) is 95.3 Å². The van der Waals surface area contributed by atoms with E-state index in [-0.39, 0.29) is 24.5 Å². The fourth-order valence-corrected chi connectivity index (χ4v) is 10.7. The smallest absolute Gasteiger partial charge is 0.408 e. The molecule has 0 radical (unpaired) electrons. The Morgan fingerprint density at radius 2 is 1.57 bits per heavy atom. The lowest BCUT2D eigenvalue weighted by Gasteiger charge is -2.68. The average molecular weight is 806 g/mol. The van der Waals surface area contributed by atoms with Crippen molar-refractivity contribution in [3.8, 4) is 0 Å². The molecule has 1 amide bonds. The number of hydrogen-bond donors (Lipinski definition) is 3. The molecule has 2 aromatic carbocycles. The van der Waals surface area contributed by atoms with Crippen molar-refractivity contribution >= 4 is 24.0 Å². The predicted molar refractivity (Wildman–Crippen MR) is 211 cm³/mol. The van der Waals surface area contributed by atoms with Crippen LogP contribution in [0.4, 0.5) is 4.79 Å². The van der Waals surface area contributed by atoms with Gasteiger partial charge in [0.2, 0.25) is 0 Å². The van der Waals surface area contributed by atoms with Gasteiger partial charge < -0.3 is 44.0 Å². The number of ether oxygens (including phenoxy) is 6. The monoisotopic (exact) mass is 805 g/mol. The van der Waals surface area contributed by atoms with Gasteiger partial charge in [0.15, 0.2) is 11.7 Å². The number of methoxy groups -OCH3 is 1. The van der Waals surface area contributed by atoms with Crippen molar-refractivity contribution in [3.63, 3.8) is 0 Å². The summed E-state index contributed by atoms with van der Waals surface area (Å²) in [6.07, 6.45) is -5.68. The third-order valence-electron chi connectivity index (χ3n) is 13.1. The van der Waals surface area contributed by atoms with Crippen molar-refractivity contribution in [1.82, 2.24) is 5.32 Å². The number of aliphatic hydroxyl groups is 2. The number of hydrogen-bond acceptors (Lipinski definition) is 12. The first-order valence-electron chi connectivity index (χ1n) is 20.1. The molecule has 0 unspecified atom stereocenters. The van der Waals surface area contributed by atoms with Gasteiger partial charge in [-0.25, -0.2) is 14.4 Å². The molecule has 13 nitrogen and oxygen atoms in total. The second-order valence-electron chi connectivity index (χ2n) is 18.3. The first-order valence-corrected chi connectivity index (χ1v) is 20.1. The Kier molecular flexibility index (Phi) is 11.7. The van der Waals surface area contributed by atoms with E-state index >= 15 is 0 Å². The maximum absolute atomic E-state index is 14.3. The van der Waals surface area contributed by atoms with E-state index in [0.29, 0.717) is 24.0 Å². The minimum Gasteiger partial charge on any atom is -0.456 e. The van der Waals surface area contributed by atoms with Crippen molar-refractivity contribution in [2.75, 3.05) is 13.7 Å². The van der Waals surface area contributed by atoms with E-state index in [1.165, 1.54) is 6.92 Å². The van der Waals surface area contributed by atoms with Crippen LogP contribution < -0.4 is 5.32 Å². The van der Waals surface area contributed by atoms with Gasteiger partial charge in [-0.05, 0) is 63.3 Å². The standard InChI is InChI=1S/C45H59NO12/c1-25-22-43(9)31(53-10)21-32-44(24-54-32,57-27(3)47)36(43)37(56-38(49)29-19-15-12-16-20-29)45(52)23-30(26(2)33(25)42(45,7)8)55-39(50)35(48)34(28-17-13-11-14-18-28)46-40(51)58-41(4,5)6/h11-20,25,30-32,34-37,48,52H,21-24H2,1-10H3,(H,46,51)/t25-,30-,31-,32+,34-,35+,36-,37-,43+,44-,45+/m0/s1. The van der Waals surface area contributed by atoms with Gasteiger partial charge in [0.25, 0.3) is 0 Å². The fraction of sp³-hybridized carbons (Fsp3) is 0.600. The molecular formula is C45H59NO12. The van der Waals surface area contributed by atoms with Gasteiger partial charge in [-0.15, -0.1) is 0 Å². The zero-order chi connectivity index (χ0) is 42.6. The lowest BCUT2D eigenvalue weighted by molar-refractivity contribution is -0.354. The van der Waals surface area contributed by atoms with E-state index < -0.39 is 94.1 Å². The molecule has 4 aliphatic rings. The van der Waals surface area contributed by atoms with Crippen molar-refractivity contribution in [3.05, 3.63) is 82.9 Å². The fourth-order valence-electron chi connectivity index (χ4n) is 10.7. The van der Waals surface area contributed by atoms with Crippen LogP contribution in [-0.2, 0) is 38.0 Å². The van der Waals surface area contributed by atoms with Crippen molar-refractivity contribution in [1.29, 1.82) is 0 Å². The number of rotatable bonds is 9. The first-order chi connectivity index (χ1) is 27.1. The number of alkyl carbamates (subject to hydrolysis) is 1. The van der Waals surface area contributed by atoms with Crippen LogP contribution in [0.5, 0.6) is 0 Å². The van der Waals surface area contributed by atoms with E-state index in [2.05, 4.69) is 5.32 Å². The number of carbonyl (C=O) groups is 4. The summed E-state index contributed by atoms with van der Waals surface area (Å²) in [5.74, 6) is -3.42. The summed E-state index contributed by atoms with van der Waals surface area (Å²) < 4.78 is 36.9. The third-order valence-corrected chi connectivity index (χ3v) is 13.1. The van der Waals surface area contributed by atoms with Crippen LogP contribution in [0, 0.1) is 22.7 Å². The van der Waals surface area contributed by atoms with E-state index in [0.717, 1.165) is 5.57 Å². The quantitative estimate of drug-likeness (QED) is 0.153. The van der Waals surface area contributed by atoms with Crippen molar-refractivity contribution in [2.24, 2.45) is 22.7 Å². The topological polar surface area (TPSA) is 176 Å². The van der Waals surface area contributed by atoms with Crippen LogP contribution in [0.15, 0.2) is 71.8 Å². The third kappa shape index (κ3) is 7.55. The van der Waals surface area contributed by atoms with Crippen molar-refractivity contribution < 1.29 is 57.8 Å². The molecule has 58 heavy (non-hydrogen) atoms. The normalized spacial score (nSPS) is 33.7. The van der Waals surface area contributed by atoms with Crippen LogP contribution >= 0.6 is 0 Å². The van der Waals surface area contributed by atoms with Crippen LogP contribution in [0.25, 0.3) is 0 Å². The van der Waals surface area contributed by atoms with Gasteiger partial charge in [0, 0.05) is 37.7 Å². The lowest BCUT2D eigenvalue weighted by Crippen LogP contribution is -2.80. The number of esters is 3. The molecule has 3 fully saturated rings. The summed E-state index contributed by atoms with van der Waals surface area (Å²) >= 11 is 0. The van der Waals surface area contributed by atoms with E-state index in [9.17, 15) is 29.4 Å². The van der Waals surface area contributed by atoms with E-state index in [1.54, 1.807) is 88.5 Å². The van der Waals surface area contributed by atoms with Crippen LogP contribution in [0.3, 0.4) is 0 Å². The predicted octanol–water partition coefficient (Wildman–Crippen LogP) is 6.01. The molecule has 1 heterocycles. The summed E-state index contributed by atoms with van der Waals surface area (Å²) in [6.45, 7) is 16.1. The summed E-state index contributed by atoms with van der Waals surface area (Å²) in [6, 6.07) is 15.7. The number of amides is 1. The summed E-state index contributed by atoms with van der Waals surface area (Å²) in [5.41, 5.74) is -3.92. The molecule has 2 aromatic rings. The maximum atomic E-state index is 14.3. The second kappa shape index (κ2) is 15.7. The minimum atomic E-state index is -1.97. The molecule has 1 saturated heterocycles. The molecular weight excluding hydrogens is 746 g/mol. The Morgan fingerprint density at radius 3 is 2.12 bits per heavy atom. The number of carbonyl (C=O) groups excluding carboxylic acids is 4. The number of nitrogens with one attached hydrogen (secondary N) is 1. The molecule has 0 spiro atoms. The lowest BCUT2D eigenvalue weighted by atomic mass is 9.44. The molecule has 1 aliphatic heterocycles. The zero-order valence-corrected chi connectivity index (χ0v) is 35.2. The molecule has 2 saturated carbocycles. The van der Waals surface area contributed by atoms with Gasteiger partial charge in [0.05, 0.1) is 30.2 Å². The molecule has 13 heteroatoms. The van der Waals surface area contributed by atoms with Gasteiger partial charge in [-0.2, -0.15) is 0 Å². The average Bonchev–Trinajstić information content (AvgIpc) is 3.13. The Labute approximate surface area is 340 Å². The number of benzene rings is 2. The highest BCUT2D eigenvalue weighted by Gasteiger charge is 2.76. The largest absolute Gasteiger partial charge is 0.456 e. The van der Waals surface area contributed by atoms with Crippen molar-refractivity contribution in [2.45, 2.75) is 135 Å². The minimum absolute atomic E-state index is 0.00999. The van der Waals surface area contributed by atoms with Gasteiger partial charge in [-0.3, -0.25) is 4.79 Å². The molecule has 11 atom stereocenters. The summed E-state index contributed by atoms with van der Waals surface area (Å²) in [7, 11) is 1.62. The molecule has 0 aromatic heterocycles. The van der Waals surface area contributed by atoms with Gasteiger partial charge in [-0.1, -0.05) is 81.8 Å². The van der Waals surface area contributed by atoms with Gasteiger partial charge in [0.1, 0.15) is 29.5 Å². The number of aliphatic hydroxyl groups excluding tert-OH is 1. The molecule has 3 N–H and O–H groups in total. The Morgan fingerprint density at radius 1 is 0.948 bits per heavy atom. The molecule has 6 rings (SSSR count). The Balaban J connectivity index is 1.47. The highest BCUT2D eigenvalue weighted by molar-refractivity contribution is 5.89. The summed E-state index contributed by atoms with van der Waals surface area (Å²) in [5, 5.41) is 28.0. The highest BCUT2D eigenvalue weighted by Crippen LogP contribution is 2.66. The van der Waals surface area contributed by atoms with Gasteiger partial charge >= 0.3 is 24.0 Å². The maximum Gasteiger partial charge on any atom is 0.408 e. The summed E-state index contributed by atoms with van der Waals surface area (Å²) in [4.78, 5) is 54.5. The molecule has 316 valence electrons.